The smallest absolute Gasteiger partial charge is 0.245 e. The van der Waals surface area contributed by atoms with E-state index < -0.39 is 6.04 Å². The van der Waals surface area contributed by atoms with E-state index in [1.54, 1.807) is 12.1 Å². The number of nitrogens with zero attached hydrogens (tertiary/aromatic N) is 2. The Kier molecular flexibility index (Phi) is 5.61. The van der Waals surface area contributed by atoms with Gasteiger partial charge in [0.05, 0.1) is 0 Å². The van der Waals surface area contributed by atoms with E-state index in [9.17, 15) is 14.7 Å². The largest absolute Gasteiger partial charge is 0.508 e. The molecule has 1 unspecified atom stereocenters. The number of piperazine rings is 1. The Labute approximate surface area is 175 Å². The number of rotatable bonds is 5. The summed E-state index contributed by atoms with van der Waals surface area (Å²) in [5, 5.41) is 13.6. The van der Waals surface area contributed by atoms with Gasteiger partial charge >= 0.3 is 0 Å². The maximum atomic E-state index is 13.2. The summed E-state index contributed by atoms with van der Waals surface area (Å²) in [6.45, 7) is 3.93. The van der Waals surface area contributed by atoms with Gasteiger partial charge in [0.15, 0.2) is 0 Å². The molecule has 7 heteroatoms. The van der Waals surface area contributed by atoms with Gasteiger partial charge in [-0.05, 0) is 23.8 Å². The number of nitrogens with one attached hydrogen (secondary N) is 2. The Balaban J connectivity index is 1.45. The van der Waals surface area contributed by atoms with Crippen molar-refractivity contribution in [3.8, 4) is 5.75 Å². The number of carbonyl (C=O) groups is 2. The van der Waals surface area contributed by atoms with E-state index in [2.05, 4.69) is 15.2 Å². The van der Waals surface area contributed by atoms with Gasteiger partial charge < -0.3 is 25.2 Å². The van der Waals surface area contributed by atoms with Crippen molar-refractivity contribution in [1.29, 1.82) is 0 Å². The van der Waals surface area contributed by atoms with Gasteiger partial charge in [-0.15, -0.1) is 0 Å². The lowest BCUT2D eigenvalue weighted by atomic mass is 10.0. The summed E-state index contributed by atoms with van der Waals surface area (Å²) in [4.78, 5) is 32.2. The molecule has 1 atom stereocenters. The molecule has 0 bridgehead atoms. The van der Waals surface area contributed by atoms with Crippen molar-refractivity contribution >= 4 is 28.4 Å². The van der Waals surface area contributed by atoms with E-state index in [1.807, 2.05) is 47.5 Å². The molecule has 0 aliphatic carbocycles. The first-order valence-electron chi connectivity index (χ1n) is 10.2. The zero-order chi connectivity index (χ0) is 21.1. The van der Waals surface area contributed by atoms with Crippen molar-refractivity contribution in [2.24, 2.45) is 0 Å². The molecule has 1 aromatic heterocycles. The van der Waals surface area contributed by atoms with E-state index in [0.29, 0.717) is 32.6 Å². The predicted molar refractivity (Wildman–Crippen MR) is 117 cm³/mol. The second kappa shape index (κ2) is 8.49. The monoisotopic (exact) mass is 406 g/mol. The number of H-pyrrole nitrogens is 1. The summed E-state index contributed by atoms with van der Waals surface area (Å²) in [5.74, 6) is -0.0481. The molecule has 2 amide bonds. The molecule has 0 spiro atoms. The SMILES string of the molecule is CC(=O)NC(Cc1c[nH]c2ccccc12)C(=O)N1CCN(c2cccc(O)c2)CC1. The number of fused-ring (bicyclic) bond motifs is 1. The normalized spacial score (nSPS) is 15.2. The van der Waals surface area contributed by atoms with E-state index >= 15 is 0 Å². The third-order valence-corrected chi connectivity index (χ3v) is 5.56. The molecule has 156 valence electrons. The van der Waals surface area contributed by atoms with Crippen molar-refractivity contribution in [2.45, 2.75) is 19.4 Å². The van der Waals surface area contributed by atoms with Crippen LogP contribution in [-0.2, 0) is 16.0 Å². The van der Waals surface area contributed by atoms with Gasteiger partial charge in [0.1, 0.15) is 11.8 Å². The number of anilines is 1. The highest BCUT2D eigenvalue weighted by molar-refractivity contribution is 5.89. The summed E-state index contributed by atoms with van der Waals surface area (Å²) in [6, 6.07) is 14.5. The lowest BCUT2D eigenvalue weighted by Crippen LogP contribution is -2.55. The van der Waals surface area contributed by atoms with Gasteiger partial charge in [0, 0.05) is 68.4 Å². The summed E-state index contributed by atoms with van der Waals surface area (Å²) >= 11 is 0. The summed E-state index contributed by atoms with van der Waals surface area (Å²) in [7, 11) is 0. The predicted octanol–water partition coefficient (Wildman–Crippen LogP) is 2.27. The maximum absolute atomic E-state index is 13.2. The molecule has 1 saturated heterocycles. The second-order valence-corrected chi connectivity index (χ2v) is 7.65. The Morgan fingerprint density at radius 3 is 2.60 bits per heavy atom. The number of phenolic OH excluding ortho intramolecular Hbond substituents is 1. The number of aromatic amines is 1. The quantitative estimate of drug-likeness (QED) is 0.607. The van der Waals surface area contributed by atoms with Crippen LogP contribution in [0.5, 0.6) is 5.75 Å². The average Bonchev–Trinajstić information content (AvgIpc) is 3.15. The minimum absolute atomic E-state index is 0.0639. The third kappa shape index (κ3) is 4.25. The molecule has 7 nitrogen and oxygen atoms in total. The summed E-state index contributed by atoms with van der Waals surface area (Å²) in [6.07, 6.45) is 2.35. The van der Waals surface area contributed by atoms with Crippen LogP contribution in [0.2, 0.25) is 0 Å². The Hall–Kier alpha value is -3.48. The van der Waals surface area contributed by atoms with Crippen molar-refractivity contribution in [3.63, 3.8) is 0 Å². The van der Waals surface area contributed by atoms with Crippen LogP contribution < -0.4 is 10.2 Å². The van der Waals surface area contributed by atoms with Crippen LogP contribution >= 0.6 is 0 Å². The molecule has 1 fully saturated rings. The van der Waals surface area contributed by atoms with Crippen LogP contribution in [0.1, 0.15) is 12.5 Å². The van der Waals surface area contributed by atoms with Gasteiger partial charge in [-0.3, -0.25) is 9.59 Å². The van der Waals surface area contributed by atoms with Crippen LogP contribution in [0.15, 0.2) is 54.7 Å². The molecule has 3 aromatic rings. The van der Waals surface area contributed by atoms with Crippen LogP contribution in [-0.4, -0.2) is 59.0 Å². The average molecular weight is 406 g/mol. The number of phenols is 1. The highest BCUT2D eigenvalue weighted by Gasteiger charge is 2.29. The number of amides is 2. The number of para-hydroxylation sites is 1. The first kappa shape index (κ1) is 19.8. The number of hydrogen-bond donors (Lipinski definition) is 3. The van der Waals surface area contributed by atoms with Gasteiger partial charge in [-0.2, -0.15) is 0 Å². The molecule has 1 aliphatic rings. The number of hydrogen-bond acceptors (Lipinski definition) is 4. The molecule has 2 heterocycles. The molecule has 30 heavy (non-hydrogen) atoms. The van der Waals surface area contributed by atoms with E-state index in [-0.39, 0.29) is 17.6 Å². The van der Waals surface area contributed by atoms with Crippen LogP contribution in [0.3, 0.4) is 0 Å². The standard InChI is InChI=1S/C23H26N4O3/c1-16(28)25-22(13-17-15-24-21-8-3-2-7-20(17)21)23(30)27-11-9-26(10-12-27)18-5-4-6-19(29)14-18/h2-8,14-15,22,24,29H,9-13H2,1H3,(H,25,28). The van der Waals surface area contributed by atoms with Gasteiger partial charge in [-0.1, -0.05) is 24.3 Å². The number of aromatic hydroxyl groups is 1. The van der Waals surface area contributed by atoms with E-state index in [4.69, 9.17) is 0 Å². The molecular formula is C23H26N4O3. The molecule has 0 saturated carbocycles. The number of carbonyl (C=O) groups excluding carboxylic acids is 2. The maximum Gasteiger partial charge on any atom is 0.245 e. The topological polar surface area (TPSA) is 88.7 Å². The minimum atomic E-state index is -0.603. The zero-order valence-electron chi connectivity index (χ0n) is 17.0. The van der Waals surface area contributed by atoms with Crippen molar-refractivity contribution < 1.29 is 14.7 Å². The van der Waals surface area contributed by atoms with Crippen LogP contribution in [0.25, 0.3) is 10.9 Å². The van der Waals surface area contributed by atoms with Gasteiger partial charge in [-0.25, -0.2) is 0 Å². The number of benzene rings is 2. The van der Waals surface area contributed by atoms with E-state index in [0.717, 1.165) is 22.2 Å². The molecule has 0 radical (unpaired) electrons. The highest BCUT2D eigenvalue weighted by atomic mass is 16.3. The Morgan fingerprint density at radius 1 is 1.10 bits per heavy atom. The van der Waals surface area contributed by atoms with Crippen molar-refractivity contribution in [3.05, 3.63) is 60.3 Å². The molecule has 1 aliphatic heterocycles. The third-order valence-electron chi connectivity index (χ3n) is 5.56. The van der Waals surface area contributed by atoms with Crippen LogP contribution in [0, 0.1) is 0 Å². The van der Waals surface area contributed by atoms with Gasteiger partial charge in [0.25, 0.3) is 0 Å². The fourth-order valence-corrected chi connectivity index (χ4v) is 4.06. The Bertz CT molecular complexity index is 1050. The first-order chi connectivity index (χ1) is 14.5. The first-order valence-corrected chi connectivity index (χ1v) is 10.2. The minimum Gasteiger partial charge on any atom is -0.508 e. The fraction of sp³-hybridized carbons (Fsp3) is 0.304. The van der Waals surface area contributed by atoms with Crippen molar-refractivity contribution in [2.75, 3.05) is 31.1 Å². The summed E-state index contributed by atoms with van der Waals surface area (Å²) in [5.41, 5.74) is 2.97. The van der Waals surface area contributed by atoms with Crippen LogP contribution in [0.4, 0.5) is 5.69 Å². The molecule has 3 N–H and O–H groups in total. The summed E-state index contributed by atoms with van der Waals surface area (Å²) < 4.78 is 0. The lowest BCUT2D eigenvalue weighted by molar-refractivity contribution is -0.136. The highest BCUT2D eigenvalue weighted by Crippen LogP contribution is 2.23. The van der Waals surface area contributed by atoms with Crippen molar-refractivity contribution in [1.82, 2.24) is 15.2 Å². The number of aromatic nitrogens is 1. The van der Waals surface area contributed by atoms with E-state index in [1.165, 1.54) is 6.92 Å². The zero-order valence-corrected chi connectivity index (χ0v) is 17.0. The fourth-order valence-electron chi connectivity index (χ4n) is 4.06. The molecular weight excluding hydrogens is 380 g/mol. The lowest BCUT2D eigenvalue weighted by Gasteiger charge is -2.37. The second-order valence-electron chi connectivity index (χ2n) is 7.65. The Morgan fingerprint density at radius 2 is 1.87 bits per heavy atom. The molecule has 4 rings (SSSR count). The molecule has 2 aromatic carbocycles. The van der Waals surface area contributed by atoms with Gasteiger partial charge in [0.2, 0.25) is 11.8 Å².